The molecule has 2 aromatic heterocycles. The van der Waals surface area contributed by atoms with Crippen LogP contribution >= 0.6 is 11.6 Å². The Bertz CT molecular complexity index is 617. The maximum absolute atomic E-state index is 6.06. The number of nitrogens with zero attached hydrogens (tertiary/aromatic N) is 6. The van der Waals surface area contributed by atoms with Gasteiger partial charge in [0.15, 0.2) is 0 Å². The molecule has 0 atom stereocenters. The number of hydrogen-bond donors (Lipinski definition) is 0. The third-order valence-electron chi connectivity index (χ3n) is 3.69. The van der Waals surface area contributed by atoms with Crippen molar-refractivity contribution in [3.8, 4) is 5.95 Å². The molecular formula is C13H17ClN6. The zero-order chi connectivity index (χ0) is 14.1. The van der Waals surface area contributed by atoms with Gasteiger partial charge in [0.25, 0.3) is 0 Å². The molecule has 1 aliphatic heterocycles. The van der Waals surface area contributed by atoms with Gasteiger partial charge in [0.2, 0.25) is 17.2 Å². The molecule has 1 aliphatic rings. The van der Waals surface area contributed by atoms with Gasteiger partial charge in [-0.3, -0.25) is 4.57 Å². The van der Waals surface area contributed by atoms with Crippen molar-refractivity contribution in [2.75, 3.05) is 18.0 Å². The quantitative estimate of drug-likeness (QED) is 0.850. The Labute approximate surface area is 122 Å². The third kappa shape index (κ3) is 2.47. The molecule has 20 heavy (non-hydrogen) atoms. The minimum Gasteiger partial charge on any atom is -0.341 e. The number of hydrogen-bond acceptors (Lipinski definition) is 5. The molecule has 6 nitrogen and oxygen atoms in total. The summed E-state index contributed by atoms with van der Waals surface area (Å²) < 4.78 is 1.84. The fourth-order valence-corrected chi connectivity index (χ4v) is 2.52. The molecule has 1 saturated heterocycles. The lowest BCUT2D eigenvalue weighted by Gasteiger charge is -2.26. The van der Waals surface area contributed by atoms with E-state index in [0.29, 0.717) is 11.9 Å². The van der Waals surface area contributed by atoms with E-state index < -0.39 is 0 Å². The van der Waals surface area contributed by atoms with Crippen LogP contribution in [0.15, 0.2) is 6.33 Å². The molecule has 0 aromatic carbocycles. The van der Waals surface area contributed by atoms with Crippen molar-refractivity contribution in [2.45, 2.75) is 33.1 Å². The fourth-order valence-electron chi connectivity index (χ4n) is 2.37. The second-order valence-electron chi connectivity index (χ2n) is 5.04. The molecule has 106 valence electrons. The van der Waals surface area contributed by atoms with E-state index in [1.807, 2.05) is 18.4 Å². The summed E-state index contributed by atoms with van der Waals surface area (Å²) >= 11 is 6.06. The van der Waals surface area contributed by atoms with Crippen molar-refractivity contribution in [3.05, 3.63) is 23.0 Å². The molecule has 0 saturated carbocycles. The van der Waals surface area contributed by atoms with E-state index in [4.69, 9.17) is 11.6 Å². The van der Waals surface area contributed by atoms with Crippen molar-refractivity contribution < 1.29 is 0 Å². The molecular weight excluding hydrogens is 276 g/mol. The molecule has 1 fully saturated rings. The van der Waals surface area contributed by atoms with Crippen molar-refractivity contribution in [2.24, 2.45) is 0 Å². The summed E-state index contributed by atoms with van der Waals surface area (Å²) in [5, 5.41) is 0.223. The van der Waals surface area contributed by atoms with E-state index >= 15 is 0 Å². The van der Waals surface area contributed by atoms with Crippen LogP contribution in [0, 0.1) is 13.8 Å². The molecule has 0 bridgehead atoms. The van der Waals surface area contributed by atoms with E-state index in [1.165, 1.54) is 19.3 Å². The number of aromatic nitrogens is 5. The SMILES string of the molecule is Cc1ncn(-c2nc(Cl)nc(N3CCCCC3)n2)c1C. The second-order valence-corrected chi connectivity index (χ2v) is 5.38. The van der Waals surface area contributed by atoms with Gasteiger partial charge in [0, 0.05) is 18.8 Å². The number of halogens is 1. The van der Waals surface area contributed by atoms with Gasteiger partial charge in [-0.25, -0.2) is 4.98 Å². The van der Waals surface area contributed by atoms with E-state index in [1.54, 1.807) is 6.33 Å². The first-order valence-corrected chi connectivity index (χ1v) is 7.20. The van der Waals surface area contributed by atoms with Crippen LogP contribution < -0.4 is 4.90 Å². The monoisotopic (exact) mass is 292 g/mol. The number of anilines is 1. The predicted octanol–water partition coefficient (Wildman–Crippen LogP) is 2.32. The van der Waals surface area contributed by atoms with Crippen LogP contribution in [0.1, 0.15) is 30.7 Å². The van der Waals surface area contributed by atoms with Crippen molar-refractivity contribution in [1.29, 1.82) is 0 Å². The molecule has 0 unspecified atom stereocenters. The predicted molar refractivity (Wildman–Crippen MR) is 77.5 cm³/mol. The highest BCUT2D eigenvalue weighted by Crippen LogP contribution is 2.19. The van der Waals surface area contributed by atoms with Gasteiger partial charge in [0.1, 0.15) is 6.33 Å². The van der Waals surface area contributed by atoms with Crippen LogP contribution in [0.5, 0.6) is 0 Å². The van der Waals surface area contributed by atoms with Crippen molar-refractivity contribution >= 4 is 17.5 Å². The maximum atomic E-state index is 6.06. The van der Waals surface area contributed by atoms with E-state index in [-0.39, 0.29) is 5.28 Å². The molecule has 3 heterocycles. The summed E-state index contributed by atoms with van der Waals surface area (Å²) in [6.45, 7) is 5.89. The van der Waals surface area contributed by atoms with Crippen LogP contribution in [-0.4, -0.2) is 37.6 Å². The summed E-state index contributed by atoms with van der Waals surface area (Å²) in [7, 11) is 0. The van der Waals surface area contributed by atoms with Gasteiger partial charge in [0.05, 0.1) is 5.69 Å². The minimum atomic E-state index is 0.223. The molecule has 0 N–H and O–H groups in total. The third-order valence-corrected chi connectivity index (χ3v) is 3.86. The number of piperidine rings is 1. The zero-order valence-electron chi connectivity index (χ0n) is 11.7. The first kappa shape index (κ1) is 13.3. The number of aryl methyl sites for hydroxylation is 1. The number of imidazole rings is 1. The molecule has 3 rings (SSSR count). The van der Waals surface area contributed by atoms with Gasteiger partial charge in [-0.1, -0.05) is 0 Å². The first-order chi connectivity index (χ1) is 9.65. The Morgan fingerprint density at radius 3 is 2.35 bits per heavy atom. The lowest BCUT2D eigenvalue weighted by molar-refractivity contribution is 0.566. The standard InChI is InChI=1S/C13H17ClN6/c1-9-10(2)20(8-15-9)13-17-11(14)16-12(18-13)19-6-4-3-5-7-19/h8H,3-7H2,1-2H3. The Balaban J connectivity index is 2.00. The molecule has 0 aliphatic carbocycles. The maximum Gasteiger partial charge on any atom is 0.241 e. The Kier molecular flexibility index (Phi) is 3.56. The Morgan fingerprint density at radius 2 is 1.70 bits per heavy atom. The summed E-state index contributed by atoms with van der Waals surface area (Å²) in [5.41, 5.74) is 1.97. The van der Waals surface area contributed by atoms with Crippen LogP contribution in [-0.2, 0) is 0 Å². The molecule has 0 spiro atoms. The minimum absolute atomic E-state index is 0.223. The molecule has 7 heteroatoms. The molecule has 0 amide bonds. The lowest BCUT2D eigenvalue weighted by atomic mass is 10.1. The van der Waals surface area contributed by atoms with Gasteiger partial charge >= 0.3 is 0 Å². The Hall–Kier alpha value is -1.69. The van der Waals surface area contributed by atoms with Gasteiger partial charge in [-0.15, -0.1) is 0 Å². The zero-order valence-corrected chi connectivity index (χ0v) is 12.4. The summed E-state index contributed by atoms with van der Waals surface area (Å²) in [4.78, 5) is 19.4. The molecule has 2 aromatic rings. The summed E-state index contributed by atoms with van der Waals surface area (Å²) in [5.74, 6) is 1.19. The summed E-state index contributed by atoms with van der Waals surface area (Å²) in [6, 6.07) is 0. The highest BCUT2D eigenvalue weighted by molar-refractivity contribution is 6.28. The fraction of sp³-hybridized carbons (Fsp3) is 0.538. The van der Waals surface area contributed by atoms with E-state index in [0.717, 1.165) is 24.5 Å². The van der Waals surface area contributed by atoms with Crippen molar-refractivity contribution in [3.63, 3.8) is 0 Å². The van der Waals surface area contributed by atoms with Gasteiger partial charge in [-0.2, -0.15) is 15.0 Å². The lowest BCUT2D eigenvalue weighted by Crippen LogP contribution is -2.31. The first-order valence-electron chi connectivity index (χ1n) is 6.82. The van der Waals surface area contributed by atoms with Crippen LogP contribution in [0.25, 0.3) is 5.95 Å². The van der Waals surface area contributed by atoms with Crippen LogP contribution in [0.3, 0.4) is 0 Å². The summed E-state index contributed by atoms with van der Waals surface area (Å²) in [6.07, 6.45) is 5.32. The topological polar surface area (TPSA) is 59.7 Å². The number of rotatable bonds is 2. The molecule has 0 radical (unpaired) electrons. The Morgan fingerprint density at radius 1 is 1.00 bits per heavy atom. The highest BCUT2D eigenvalue weighted by atomic mass is 35.5. The normalized spacial score (nSPS) is 15.7. The van der Waals surface area contributed by atoms with E-state index in [2.05, 4.69) is 24.8 Å². The van der Waals surface area contributed by atoms with Gasteiger partial charge < -0.3 is 4.90 Å². The van der Waals surface area contributed by atoms with Crippen LogP contribution in [0.2, 0.25) is 5.28 Å². The van der Waals surface area contributed by atoms with Crippen LogP contribution in [0.4, 0.5) is 5.95 Å². The average molecular weight is 293 g/mol. The van der Waals surface area contributed by atoms with Crippen molar-refractivity contribution in [1.82, 2.24) is 24.5 Å². The largest absolute Gasteiger partial charge is 0.341 e. The van der Waals surface area contributed by atoms with Gasteiger partial charge in [-0.05, 0) is 44.7 Å². The smallest absolute Gasteiger partial charge is 0.241 e. The van der Waals surface area contributed by atoms with E-state index in [9.17, 15) is 0 Å². The highest BCUT2D eigenvalue weighted by Gasteiger charge is 2.17. The average Bonchev–Trinajstić information content (AvgIpc) is 2.79. The second kappa shape index (κ2) is 5.36.